The van der Waals surface area contributed by atoms with Crippen molar-refractivity contribution in [1.29, 1.82) is 0 Å². The molecule has 0 radical (unpaired) electrons. The molecule has 1 saturated heterocycles. The monoisotopic (exact) mass is 414 g/mol. The van der Waals surface area contributed by atoms with Crippen molar-refractivity contribution >= 4 is 16.1 Å². The van der Waals surface area contributed by atoms with Gasteiger partial charge < -0.3 is 5.73 Å². The van der Waals surface area contributed by atoms with Crippen LogP contribution in [0, 0.1) is 22.7 Å². The number of allylic oxidation sites excluding steroid dienone is 1. The molecule has 2 N–H and O–H groups in total. The van der Waals surface area contributed by atoms with E-state index in [1.165, 1.54) is 11.1 Å². The molecule has 3 fully saturated rings. The van der Waals surface area contributed by atoms with E-state index in [1.807, 2.05) is 0 Å². The molecule has 5 rings (SSSR count). The van der Waals surface area contributed by atoms with Gasteiger partial charge in [0, 0.05) is 18.5 Å². The number of hydrogen-bond acceptors (Lipinski definition) is 3. The van der Waals surface area contributed by atoms with Gasteiger partial charge in [0.2, 0.25) is 10.0 Å². The van der Waals surface area contributed by atoms with Crippen molar-refractivity contribution in [3.63, 3.8) is 0 Å². The molecular weight excluding hydrogens is 380 g/mol. The van der Waals surface area contributed by atoms with Gasteiger partial charge in [0.05, 0.1) is 5.75 Å². The van der Waals surface area contributed by atoms with Gasteiger partial charge in [-0.05, 0) is 72.4 Å². The number of nitrogens with zero attached hydrogens (tertiary/aromatic N) is 1. The second kappa shape index (κ2) is 6.41. The highest BCUT2D eigenvalue weighted by molar-refractivity contribution is 7.89. The summed E-state index contributed by atoms with van der Waals surface area (Å²) in [5.74, 6) is 1.24. The van der Waals surface area contributed by atoms with E-state index < -0.39 is 10.0 Å². The summed E-state index contributed by atoms with van der Waals surface area (Å²) < 4.78 is 29.0. The topological polar surface area (TPSA) is 63.4 Å². The lowest BCUT2D eigenvalue weighted by Crippen LogP contribution is -2.50. The van der Waals surface area contributed by atoms with Crippen LogP contribution in [0.3, 0.4) is 0 Å². The second-order valence-corrected chi connectivity index (χ2v) is 12.5. The van der Waals surface area contributed by atoms with Gasteiger partial charge in [-0.25, -0.2) is 12.7 Å². The van der Waals surface area contributed by atoms with Crippen molar-refractivity contribution in [3.05, 3.63) is 41.5 Å². The first kappa shape index (κ1) is 19.8. The normalized spacial score (nSPS) is 34.7. The van der Waals surface area contributed by atoms with Crippen molar-refractivity contribution in [2.24, 2.45) is 28.4 Å². The quantitative estimate of drug-likeness (QED) is 0.815. The molecule has 0 aromatic heterocycles. The molecule has 3 atom stereocenters. The molecule has 2 saturated carbocycles. The minimum Gasteiger partial charge on any atom is -0.330 e. The molecule has 2 bridgehead atoms. The van der Waals surface area contributed by atoms with Gasteiger partial charge in [0.15, 0.2) is 0 Å². The average Bonchev–Trinajstić information content (AvgIpc) is 3.24. The third kappa shape index (κ3) is 2.66. The molecular formula is C24H34N2O2S. The molecule has 158 valence electrons. The molecule has 1 heterocycles. The van der Waals surface area contributed by atoms with Crippen LogP contribution in [-0.4, -0.2) is 38.1 Å². The standard InChI is InChI=1S/C24H34N2O2S/c1-22(2)19-8-10-24(22,20(15-19)16-25)17-29(27,28)26-13-11-23(12-14-26)9-7-18-5-3-4-6-21(18)23/h3-7,9,19-20H,8,10-17,25H2,1-2H3. The Morgan fingerprint density at radius 1 is 1.14 bits per heavy atom. The fraction of sp³-hybridized carbons (Fsp3) is 0.667. The van der Waals surface area contributed by atoms with Crippen LogP contribution in [0.1, 0.15) is 57.1 Å². The zero-order valence-corrected chi connectivity index (χ0v) is 18.5. The van der Waals surface area contributed by atoms with E-state index in [0.29, 0.717) is 31.5 Å². The first-order chi connectivity index (χ1) is 13.7. The van der Waals surface area contributed by atoms with Gasteiger partial charge >= 0.3 is 0 Å². The maximum Gasteiger partial charge on any atom is 0.214 e. The van der Waals surface area contributed by atoms with Gasteiger partial charge in [0.25, 0.3) is 0 Å². The van der Waals surface area contributed by atoms with Crippen LogP contribution in [0.4, 0.5) is 0 Å². The van der Waals surface area contributed by atoms with E-state index in [2.05, 4.69) is 50.3 Å². The Hall–Kier alpha value is -1.17. The molecule has 4 nitrogen and oxygen atoms in total. The van der Waals surface area contributed by atoms with Gasteiger partial charge in [-0.3, -0.25) is 0 Å². The summed E-state index contributed by atoms with van der Waals surface area (Å²) in [6, 6.07) is 8.55. The Bertz CT molecular complexity index is 943. The minimum absolute atomic E-state index is 0.0196. The van der Waals surface area contributed by atoms with Crippen molar-refractivity contribution in [2.45, 2.75) is 51.4 Å². The van der Waals surface area contributed by atoms with Gasteiger partial charge in [-0.2, -0.15) is 0 Å². The average molecular weight is 415 g/mol. The van der Waals surface area contributed by atoms with Crippen LogP contribution in [0.5, 0.6) is 0 Å². The highest BCUT2D eigenvalue weighted by Crippen LogP contribution is 2.68. The van der Waals surface area contributed by atoms with E-state index in [1.54, 1.807) is 4.31 Å². The maximum atomic E-state index is 13.6. The Kier molecular flexibility index (Phi) is 4.37. The van der Waals surface area contributed by atoms with E-state index in [0.717, 1.165) is 32.1 Å². The SMILES string of the molecule is CC1(C)C2CCC1(CS(=O)(=O)N1CCC3(C=Cc4ccccc43)CC1)C(CN)C2. The highest BCUT2D eigenvalue weighted by Gasteiger charge is 2.64. The number of nitrogens with two attached hydrogens (primary N) is 1. The molecule has 3 aliphatic carbocycles. The summed E-state index contributed by atoms with van der Waals surface area (Å²) >= 11 is 0. The number of benzene rings is 1. The van der Waals surface area contributed by atoms with Crippen molar-refractivity contribution in [1.82, 2.24) is 4.31 Å². The third-order valence-electron chi connectivity index (χ3n) is 9.40. The smallest absolute Gasteiger partial charge is 0.214 e. The molecule has 0 amide bonds. The lowest BCUT2D eigenvalue weighted by atomic mass is 9.66. The van der Waals surface area contributed by atoms with Gasteiger partial charge in [-0.1, -0.05) is 50.3 Å². The van der Waals surface area contributed by atoms with Crippen LogP contribution in [0.2, 0.25) is 0 Å². The first-order valence-corrected chi connectivity index (χ1v) is 12.8. The minimum atomic E-state index is -3.29. The number of piperidine rings is 1. The lowest BCUT2D eigenvalue weighted by molar-refractivity contribution is 0.108. The number of fused-ring (bicyclic) bond motifs is 4. The van der Waals surface area contributed by atoms with Crippen molar-refractivity contribution in [2.75, 3.05) is 25.4 Å². The Morgan fingerprint density at radius 2 is 1.86 bits per heavy atom. The molecule has 1 spiro atoms. The van der Waals surface area contributed by atoms with Crippen LogP contribution >= 0.6 is 0 Å². The zero-order valence-electron chi connectivity index (χ0n) is 17.7. The van der Waals surface area contributed by atoms with E-state index >= 15 is 0 Å². The highest BCUT2D eigenvalue weighted by atomic mass is 32.2. The van der Waals surface area contributed by atoms with Crippen molar-refractivity contribution in [3.8, 4) is 0 Å². The molecule has 1 aliphatic heterocycles. The number of rotatable bonds is 4. The van der Waals surface area contributed by atoms with Gasteiger partial charge in [0.1, 0.15) is 0 Å². The van der Waals surface area contributed by atoms with E-state index in [4.69, 9.17) is 5.73 Å². The molecule has 4 aliphatic rings. The summed E-state index contributed by atoms with van der Waals surface area (Å²) in [5, 5.41) is 0. The van der Waals surface area contributed by atoms with E-state index in [-0.39, 0.29) is 22.0 Å². The molecule has 1 aromatic carbocycles. The molecule has 1 aromatic rings. The van der Waals surface area contributed by atoms with Crippen LogP contribution in [0.15, 0.2) is 30.3 Å². The molecule has 29 heavy (non-hydrogen) atoms. The number of sulfonamides is 1. The summed E-state index contributed by atoms with van der Waals surface area (Å²) in [6.45, 7) is 6.44. The first-order valence-electron chi connectivity index (χ1n) is 11.2. The molecule has 5 heteroatoms. The zero-order chi connectivity index (χ0) is 20.5. The molecule has 3 unspecified atom stereocenters. The van der Waals surface area contributed by atoms with E-state index in [9.17, 15) is 8.42 Å². The largest absolute Gasteiger partial charge is 0.330 e. The maximum absolute atomic E-state index is 13.6. The van der Waals surface area contributed by atoms with Crippen LogP contribution in [-0.2, 0) is 15.4 Å². The fourth-order valence-corrected chi connectivity index (χ4v) is 9.71. The van der Waals surface area contributed by atoms with Gasteiger partial charge in [-0.15, -0.1) is 0 Å². The summed E-state index contributed by atoms with van der Waals surface area (Å²) in [6.07, 6.45) is 9.54. The predicted octanol–water partition coefficient (Wildman–Crippen LogP) is 3.78. The van der Waals surface area contributed by atoms with Crippen LogP contribution < -0.4 is 5.73 Å². The predicted molar refractivity (Wildman–Crippen MR) is 118 cm³/mol. The third-order valence-corrected chi connectivity index (χ3v) is 11.4. The van der Waals surface area contributed by atoms with Crippen molar-refractivity contribution < 1.29 is 8.42 Å². The summed E-state index contributed by atoms with van der Waals surface area (Å²) in [5.41, 5.74) is 8.72. The number of hydrogen-bond donors (Lipinski definition) is 1. The summed E-state index contributed by atoms with van der Waals surface area (Å²) in [4.78, 5) is 0. The Morgan fingerprint density at radius 3 is 2.55 bits per heavy atom. The Balaban J connectivity index is 1.36. The van der Waals surface area contributed by atoms with Crippen LogP contribution in [0.25, 0.3) is 6.08 Å². The Labute approximate surface area is 175 Å². The second-order valence-electron chi connectivity index (χ2n) is 10.5. The summed E-state index contributed by atoms with van der Waals surface area (Å²) in [7, 11) is -3.29. The fourth-order valence-electron chi connectivity index (χ4n) is 7.38. The lowest BCUT2D eigenvalue weighted by Gasteiger charge is -2.44.